The Hall–Kier alpha value is -4.21. The summed E-state index contributed by atoms with van der Waals surface area (Å²) >= 11 is 0. The lowest BCUT2D eigenvalue weighted by atomic mass is 9.93. The zero-order valence-electron chi connectivity index (χ0n) is 19.0. The summed E-state index contributed by atoms with van der Waals surface area (Å²) in [4.78, 5) is 42.6. The molecule has 0 spiro atoms. The van der Waals surface area contributed by atoms with Gasteiger partial charge in [-0.1, -0.05) is 23.4 Å². The molecule has 0 radical (unpaired) electrons. The lowest BCUT2D eigenvalue weighted by Gasteiger charge is -2.23. The molecular formula is C24H23FN4O5. The average Bonchev–Trinajstić information content (AvgIpc) is 3.42. The molecule has 0 saturated carbocycles. The molecule has 0 bridgehead atoms. The number of amides is 2. The molecule has 1 unspecified atom stereocenters. The van der Waals surface area contributed by atoms with Crippen molar-refractivity contribution in [2.45, 2.75) is 33.7 Å². The van der Waals surface area contributed by atoms with Crippen LogP contribution < -0.4 is 10.2 Å². The molecule has 176 valence electrons. The molecule has 1 fully saturated rings. The van der Waals surface area contributed by atoms with E-state index in [2.05, 4.69) is 15.5 Å². The van der Waals surface area contributed by atoms with Gasteiger partial charge in [-0.3, -0.25) is 19.3 Å². The number of aliphatic hydroxyl groups is 1. The second-order valence-corrected chi connectivity index (χ2v) is 7.97. The van der Waals surface area contributed by atoms with Crippen molar-refractivity contribution in [1.82, 2.24) is 15.5 Å². The molecule has 9 nitrogen and oxygen atoms in total. The van der Waals surface area contributed by atoms with Crippen molar-refractivity contribution in [3.05, 3.63) is 75.6 Å². The molecule has 3 aromatic rings. The Morgan fingerprint density at radius 2 is 1.97 bits per heavy atom. The van der Waals surface area contributed by atoms with E-state index in [9.17, 15) is 23.9 Å². The van der Waals surface area contributed by atoms with Crippen LogP contribution in [-0.2, 0) is 9.59 Å². The van der Waals surface area contributed by atoms with E-state index in [1.165, 1.54) is 24.3 Å². The van der Waals surface area contributed by atoms with E-state index in [4.69, 9.17) is 4.52 Å². The summed E-state index contributed by atoms with van der Waals surface area (Å²) in [5.74, 6) is -3.17. The predicted octanol–water partition coefficient (Wildman–Crippen LogP) is 3.44. The van der Waals surface area contributed by atoms with Crippen LogP contribution in [0.2, 0.25) is 0 Å². The zero-order chi connectivity index (χ0) is 24.7. The number of hydrogen-bond donors (Lipinski definition) is 3. The number of aliphatic hydroxyl groups excluding tert-OH is 1. The number of Topliss-reactive ketones (excluding diaryl/α,β-unsaturated/α-hetero) is 1. The Morgan fingerprint density at radius 3 is 2.59 bits per heavy atom. The van der Waals surface area contributed by atoms with Crippen LogP contribution in [0, 0.1) is 26.6 Å². The maximum absolute atomic E-state index is 14.9. The van der Waals surface area contributed by atoms with Crippen molar-refractivity contribution in [2.24, 2.45) is 0 Å². The van der Waals surface area contributed by atoms with Crippen LogP contribution in [0.5, 0.6) is 0 Å². The molecule has 4 rings (SSSR count). The van der Waals surface area contributed by atoms with Gasteiger partial charge in [0.25, 0.3) is 11.7 Å². The number of nitrogens with one attached hydrogen (secondary N) is 2. The Bertz CT molecular complexity index is 1350. The van der Waals surface area contributed by atoms with Crippen LogP contribution in [0.1, 0.15) is 51.6 Å². The van der Waals surface area contributed by atoms with Gasteiger partial charge in [-0.05, 0) is 39.3 Å². The van der Waals surface area contributed by atoms with Gasteiger partial charge in [0.2, 0.25) is 0 Å². The molecule has 34 heavy (non-hydrogen) atoms. The number of nitrogens with zero attached hydrogens (tertiary/aromatic N) is 2. The van der Waals surface area contributed by atoms with Crippen LogP contribution in [0.25, 0.3) is 5.76 Å². The Kier molecular flexibility index (Phi) is 5.82. The molecule has 2 amide bonds. The maximum Gasteiger partial charge on any atom is 0.301 e. The molecule has 1 aliphatic heterocycles. The number of aromatic nitrogens is 2. The Balaban J connectivity index is 1.97. The minimum Gasteiger partial charge on any atom is -0.507 e. The fourth-order valence-electron chi connectivity index (χ4n) is 4.24. The number of aromatic amines is 1. The first kappa shape index (κ1) is 23.0. The third kappa shape index (κ3) is 3.57. The molecular weight excluding hydrogens is 443 g/mol. The standard InChI is InChI=1S/C24H23FN4O5/c1-5-26-23(32)19-12(3)17(13(4)27-19)21(30)18-20(14-8-6-7-9-15(14)25)29(24(33)22(18)31)16-10-11(2)34-28-16/h6-10,20,27,30H,5H2,1-4H3,(H,26,32)/b21-18+. The minimum atomic E-state index is -1.30. The van der Waals surface area contributed by atoms with E-state index < -0.39 is 29.3 Å². The third-order valence-corrected chi connectivity index (χ3v) is 5.75. The summed E-state index contributed by atoms with van der Waals surface area (Å²) < 4.78 is 20.0. The molecule has 3 heterocycles. The average molecular weight is 466 g/mol. The van der Waals surface area contributed by atoms with Gasteiger partial charge in [0.05, 0.1) is 11.6 Å². The lowest BCUT2D eigenvalue weighted by molar-refractivity contribution is -0.132. The smallest absolute Gasteiger partial charge is 0.301 e. The van der Waals surface area contributed by atoms with E-state index in [1.54, 1.807) is 33.8 Å². The zero-order valence-corrected chi connectivity index (χ0v) is 19.0. The molecule has 2 aromatic heterocycles. The Morgan fingerprint density at radius 1 is 1.26 bits per heavy atom. The van der Waals surface area contributed by atoms with Crippen molar-refractivity contribution in [3.8, 4) is 0 Å². The summed E-state index contributed by atoms with van der Waals surface area (Å²) in [7, 11) is 0. The van der Waals surface area contributed by atoms with Crippen molar-refractivity contribution < 1.29 is 28.4 Å². The minimum absolute atomic E-state index is 0.00121. The number of carbonyl (C=O) groups is 3. The number of carbonyl (C=O) groups excluding carboxylic acids is 3. The van der Waals surface area contributed by atoms with Gasteiger partial charge in [-0.15, -0.1) is 0 Å². The van der Waals surface area contributed by atoms with Crippen LogP contribution in [0.3, 0.4) is 0 Å². The fourth-order valence-corrected chi connectivity index (χ4v) is 4.24. The Labute approximate surface area is 194 Å². The van der Waals surface area contributed by atoms with Gasteiger partial charge in [0.1, 0.15) is 23.0 Å². The summed E-state index contributed by atoms with van der Waals surface area (Å²) in [5.41, 5.74) is 0.882. The van der Waals surface area contributed by atoms with Gasteiger partial charge in [-0.25, -0.2) is 4.39 Å². The number of aryl methyl sites for hydroxylation is 2. The molecule has 1 atom stereocenters. The van der Waals surface area contributed by atoms with Crippen LogP contribution >= 0.6 is 0 Å². The first-order valence-corrected chi connectivity index (χ1v) is 10.6. The SMILES string of the molecule is CCNC(=O)c1[nH]c(C)c(/C(O)=C2\C(=O)C(=O)N(c3cc(C)on3)C2c2ccccc2F)c1C. The summed E-state index contributed by atoms with van der Waals surface area (Å²) in [6.07, 6.45) is 0. The highest BCUT2D eigenvalue weighted by atomic mass is 19.1. The molecule has 1 aromatic carbocycles. The first-order chi connectivity index (χ1) is 16.2. The third-order valence-electron chi connectivity index (χ3n) is 5.75. The van der Waals surface area contributed by atoms with Gasteiger partial charge in [-0.2, -0.15) is 0 Å². The van der Waals surface area contributed by atoms with Gasteiger partial charge < -0.3 is 19.9 Å². The molecule has 0 aliphatic carbocycles. The fraction of sp³-hybridized carbons (Fsp3) is 0.250. The second-order valence-electron chi connectivity index (χ2n) is 7.97. The maximum atomic E-state index is 14.9. The van der Waals surface area contributed by atoms with Crippen LogP contribution in [0.4, 0.5) is 10.2 Å². The second kappa shape index (κ2) is 8.62. The number of H-pyrrole nitrogens is 1. The highest BCUT2D eigenvalue weighted by Gasteiger charge is 2.49. The van der Waals surface area contributed by atoms with Gasteiger partial charge in [0.15, 0.2) is 5.82 Å². The molecule has 10 heteroatoms. The number of benzene rings is 1. The molecule has 3 N–H and O–H groups in total. The van der Waals surface area contributed by atoms with Gasteiger partial charge in [0, 0.05) is 29.4 Å². The van der Waals surface area contributed by atoms with Crippen LogP contribution in [0.15, 0.2) is 40.4 Å². The van der Waals surface area contributed by atoms with Crippen molar-refractivity contribution in [2.75, 3.05) is 11.4 Å². The number of ketones is 1. The quantitative estimate of drug-likeness (QED) is 0.300. The monoisotopic (exact) mass is 466 g/mol. The summed E-state index contributed by atoms with van der Waals surface area (Å²) in [5, 5.41) is 17.9. The summed E-state index contributed by atoms with van der Waals surface area (Å²) in [6, 6.07) is 5.81. The number of halogens is 1. The molecule has 1 saturated heterocycles. The topological polar surface area (TPSA) is 129 Å². The number of rotatable bonds is 5. The lowest BCUT2D eigenvalue weighted by Crippen LogP contribution is -2.30. The highest BCUT2D eigenvalue weighted by molar-refractivity contribution is 6.51. The normalized spacial score (nSPS) is 17.4. The van der Waals surface area contributed by atoms with E-state index in [1.807, 2.05) is 0 Å². The predicted molar refractivity (Wildman–Crippen MR) is 121 cm³/mol. The number of hydrogen-bond acceptors (Lipinski definition) is 6. The van der Waals surface area contributed by atoms with E-state index in [0.717, 1.165) is 4.90 Å². The van der Waals surface area contributed by atoms with Gasteiger partial charge >= 0.3 is 5.91 Å². The first-order valence-electron chi connectivity index (χ1n) is 10.6. The number of anilines is 1. The van der Waals surface area contributed by atoms with E-state index in [0.29, 0.717) is 23.6 Å². The summed E-state index contributed by atoms with van der Waals surface area (Å²) in [6.45, 7) is 7.01. The van der Waals surface area contributed by atoms with Crippen LogP contribution in [-0.4, -0.2) is 39.4 Å². The van der Waals surface area contributed by atoms with E-state index in [-0.39, 0.29) is 34.1 Å². The van der Waals surface area contributed by atoms with Crippen molar-refractivity contribution in [1.29, 1.82) is 0 Å². The van der Waals surface area contributed by atoms with E-state index >= 15 is 0 Å². The van der Waals surface area contributed by atoms with Crippen molar-refractivity contribution in [3.63, 3.8) is 0 Å². The highest BCUT2D eigenvalue weighted by Crippen LogP contribution is 2.43. The largest absolute Gasteiger partial charge is 0.507 e. The molecule has 1 aliphatic rings. The van der Waals surface area contributed by atoms with Crippen molar-refractivity contribution >= 4 is 29.2 Å².